The average Bonchev–Trinajstić information content (AvgIpc) is 3.04. The van der Waals surface area contributed by atoms with Crippen molar-refractivity contribution in [3.63, 3.8) is 0 Å². The molecule has 0 aliphatic heterocycles. The van der Waals surface area contributed by atoms with Gasteiger partial charge in [0.05, 0.1) is 5.75 Å². The lowest BCUT2D eigenvalue weighted by Gasteiger charge is -2.20. The molecular formula is C19H26N6O2S. The largest absolute Gasteiger partial charge is 0.336 e. The minimum Gasteiger partial charge on any atom is -0.336 e. The highest BCUT2D eigenvalue weighted by atomic mass is 32.2. The molecule has 1 fully saturated rings. The summed E-state index contributed by atoms with van der Waals surface area (Å²) in [6.07, 6.45) is 5.75. The Morgan fingerprint density at radius 2 is 1.93 bits per heavy atom. The third-order valence-electron chi connectivity index (χ3n) is 5.01. The fourth-order valence-electron chi connectivity index (χ4n) is 3.30. The number of carbonyl (C=O) groups excluding carboxylic acids is 2. The number of imide groups is 1. The van der Waals surface area contributed by atoms with Crippen LogP contribution in [0.1, 0.15) is 55.0 Å². The van der Waals surface area contributed by atoms with Gasteiger partial charge in [-0.15, -0.1) is 10.2 Å². The maximum Gasteiger partial charge on any atom is 0.325 e. The van der Waals surface area contributed by atoms with Crippen molar-refractivity contribution in [3.05, 3.63) is 35.2 Å². The summed E-state index contributed by atoms with van der Waals surface area (Å²) in [7, 11) is 0. The number of nitrogens with two attached hydrogens (primary N) is 1. The van der Waals surface area contributed by atoms with Crippen LogP contribution < -0.4 is 16.5 Å². The van der Waals surface area contributed by atoms with E-state index in [0.717, 1.165) is 41.6 Å². The van der Waals surface area contributed by atoms with E-state index < -0.39 is 11.9 Å². The van der Waals surface area contributed by atoms with Gasteiger partial charge >= 0.3 is 6.03 Å². The van der Waals surface area contributed by atoms with Gasteiger partial charge in [0.15, 0.2) is 5.82 Å². The number of benzene rings is 1. The first-order valence-corrected chi connectivity index (χ1v) is 10.4. The van der Waals surface area contributed by atoms with E-state index in [1.165, 1.54) is 23.9 Å². The maximum absolute atomic E-state index is 12.1. The van der Waals surface area contributed by atoms with E-state index in [9.17, 15) is 9.59 Å². The number of aryl methyl sites for hydroxylation is 2. The quantitative estimate of drug-likeness (QED) is 0.523. The van der Waals surface area contributed by atoms with Gasteiger partial charge in [-0.2, -0.15) is 0 Å². The summed E-state index contributed by atoms with van der Waals surface area (Å²) in [6, 6.07) is 5.01. The van der Waals surface area contributed by atoms with Crippen LogP contribution in [0, 0.1) is 13.8 Å². The van der Waals surface area contributed by atoms with Crippen molar-refractivity contribution in [1.82, 2.24) is 20.2 Å². The molecule has 1 aliphatic rings. The molecule has 1 heterocycles. The maximum atomic E-state index is 12.1. The normalized spacial score (nSPS) is 14.6. The molecule has 4 N–H and O–H groups in total. The monoisotopic (exact) mass is 402 g/mol. The summed E-state index contributed by atoms with van der Waals surface area (Å²) in [5, 5.41) is 13.8. The van der Waals surface area contributed by atoms with Crippen LogP contribution in [-0.4, -0.2) is 32.6 Å². The summed E-state index contributed by atoms with van der Waals surface area (Å²) >= 11 is 1.16. The van der Waals surface area contributed by atoms with Gasteiger partial charge in [0, 0.05) is 11.6 Å². The number of nitrogen functional groups attached to an aromatic ring is 1. The van der Waals surface area contributed by atoms with Gasteiger partial charge < -0.3 is 11.2 Å². The van der Waals surface area contributed by atoms with Crippen molar-refractivity contribution < 1.29 is 9.59 Å². The first-order chi connectivity index (χ1) is 13.4. The molecule has 28 heavy (non-hydrogen) atoms. The van der Waals surface area contributed by atoms with Crippen LogP contribution in [0.5, 0.6) is 0 Å². The molecule has 9 heteroatoms. The van der Waals surface area contributed by atoms with Crippen LogP contribution in [0.4, 0.5) is 10.5 Å². The molecule has 3 amide bonds. The summed E-state index contributed by atoms with van der Waals surface area (Å²) < 4.78 is 1.48. The van der Waals surface area contributed by atoms with E-state index in [4.69, 9.17) is 5.84 Å². The first-order valence-electron chi connectivity index (χ1n) is 9.45. The van der Waals surface area contributed by atoms with Crippen LogP contribution in [0.15, 0.2) is 23.4 Å². The highest BCUT2D eigenvalue weighted by Crippen LogP contribution is 2.32. The number of rotatable bonds is 5. The third-order valence-corrected chi connectivity index (χ3v) is 5.95. The van der Waals surface area contributed by atoms with Crippen molar-refractivity contribution in [1.29, 1.82) is 0 Å². The average molecular weight is 403 g/mol. The van der Waals surface area contributed by atoms with Gasteiger partial charge in [-0.3, -0.25) is 10.1 Å². The molecule has 2 aromatic rings. The number of urea groups is 1. The molecule has 0 atom stereocenters. The number of hydrogen-bond donors (Lipinski definition) is 3. The van der Waals surface area contributed by atoms with Crippen LogP contribution in [-0.2, 0) is 4.79 Å². The lowest BCUT2D eigenvalue weighted by atomic mass is 9.89. The van der Waals surface area contributed by atoms with Crippen molar-refractivity contribution >= 4 is 29.4 Å². The zero-order chi connectivity index (χ0) is 20.1. The predicted octanol–water partition coefficient (Wildman–Crippen LogP) is 3.10. The summed E-state index contributed by atoms with van der Waals surface area (Å²) in [6.45, 7) is 3.96. The van der Waals surface area contributed by atoms with Gasteiger partial charge in [0.25, 0.3) is 0 Å². The Balaban J connectivity index is 1.49. The fourth-order valence-corrected chi connectivity index (χ4v) is 3.96. The number of anilines is 1. The van der Waals surface area contributed by atoms with Crippen molar-refractivity contribution in [2.75, 3.05) is 16.9 Å². The molecule has 3 rings (SSSR count). The highest BCUT2D eigenvalue weighted by molar-refractivity contribution is 7.99. The number of carbonyl (C=O) groups is 2. The first kappa shape index (κ1) is 20.2. The molecule has 1 aliphatic carbocycles. The topological polar surface area (TPSA) is 115 Å². The van der Waals surface area contributed by atoms with Crippen molar-refractivity contribution in [3.8, 4) is 0 Å². The molecule has 1 saturated carbocycles. The zero-order valence-electron chi connectivity index (χ0n) is 16.2. The number of nitrogens with one attached hydrogen (secondary N) is 2. The second kappa shape index (κ2) is 9.09. The summed E-state index contributed by atoms with van der Waals surface area (Å²) in [5.74, 6) is 6.82. The van der Waals surface area contributed by atoms with E-state index in [1.54, 1.807) is 6.07 Å². The Hall–Kier alpha value is -2.55. The van der Waals surface area contributed by atoms with Gasteiger partial charge in [0.2, 0.25) is 11.1 Å². The zero-order valence-corrected chi connectivity index (χ0v) is 17.0. The van der Waals surface area contributed by atoms with E-state index in [-0.39, 0.29) is 5.75 Å². The number of thioether (sulfide) groups is 1. The van der Waals surface area contributed by atoms with Crippen LogP contribution in [0.25, 0.3) is 0 Å². The third kappa shape index (κ3) is 5.03. The van der Waals surface area contributed by atoms with Crippen LogP contribution in [0.3, 0.4) is 0 Å². The van der Waals surface area contributed by atoms with Crippen LogP contribution in [0.2, 0.25) is 0 Å². The Bertz CT molecular complexity index is 860. The molecule has 8 nitrogen and oxygen atoms in total. The molecule has 0 spiro atoms. The van der Waals surface area contributed by atoms with E-state index in [0.29, 0.717) is 16.8 Å². The molecular weight excluding hydrogens is 376 g/mol. The molecule has 150 valence electrons. The Morgan fingerprint density at radius 3 is 2.64 bits per heavy atom. The van der Waals surface area contributed by atoms with E-state index >= 15 is 0 Å². The molecule has 0 saturated heterocycles. The number of hydrogen-bond acceptors (Lipinski definition) is 6. The molecule has 0 bridgehead atoms. The molecule has 1 aromatic carbocycles. The Morgan fingerprint density at radius 1 is 1.18 bits per heavy atom. The lowest BCUT2D eigenvalue weighted by molar-refractivity contribution is -0.117. The minimum absolute atomic E-state index is 0.0281. The summed E-state index contributed by atoms with van der Waals surface area (Å²) in [5.41, 5.74) is 2.84. The van der Waals surface area contributed by atoms with Gasteiger partial charge in [-0.1, -0.05) is 37.1 Å². The number of amides is 3. The van der Waals surface area contributed by atoms with Crippen molar-refractivity contribution in [2.24, 2.45) is 0 Å². The van der Waals surface area contributed by atoms with Gasteiger partial charge in [-0.25, -0.2) is 9.47 Å². The van der Waals surface area contributed by atoms with E-state index in [2.05, 4.69) is 20.8 Å². The second-order valence-corrected chi connectivity index (χ2v) is 8.08. The number of aromatic nitrogens is 3. The highest BCUT2D eigenvalue weighted by Gasteiger charge is 2.23. The van der Waals surface area contributed by atoms with Gasteiger partial charge in [0.1, 0.15) is 0 Å². The fraction of sp³-hybridized carbons (Fsp3) is 0.474. The predicted molar refractivity (Wildman–Crippen MR) is 110 cm³/mol. The van der Waals surface area contributed by atoms with E-state index in [1.807, 2.05) is 26.0 Å². The minimum atomic E-state index is -0.564. The SMILES string of the molecule is Cc1ccc(NC(=O)NC(=O)CSc2nnc(C3CCCCC3)n2N)cc1C. The summed E-state index contributed by atoms with van der Waals surface area (Å²) in [4.78, 5) is 24.1. The molecule has 1 aromatic heterocycles. The smallest absolute Gasteiger partial charge is 0.325 e. The molecule has 0 unspecified atom stereocenters. The number of nitrogens with zero attached hydrogens (tertiary/aromatic N) is 3. The second-order valence-electron chi connectivity index (χ2n) is 7.14. The lowest BCUT2D eigenvalue weighted by Crippen LogP contribution is -2.35. The Kier molecular flexibility index (Phi) is 6.56. The standard InChI is InChI=1S/C19H26N6O2S/c1-12-8-9-15(10-13(12)2)21-18(27)22-16(26)11-28-19-24-23-17(25(19)20)14-6-4-3-5-7-14/h8-10,14H,3-7,11,20H2,1-2H3,(H2,21,22,26,27). The Labute approximate surface area is 168 Å². The van der Waals surface area contributed by atoms with Crippen molar-refractivity contribution in [2.45, 2.75) is 57.0 Å². The van der Waals surface area contributed by atoms with Gasteiger partial charge in [-0.05, 0) is 49.9 Å². The molecule has 0 radical (unpaired) electrons. The van der Waals surface area contributed by atoms with Crippen LogP contribution >= 0.6 is 11.8 Å².